The molecule has 0 saturated carbocycles. The quantitative estimate of drug-likeness (QED) is 0.0228. The summed E-state index contributed by atoms with van der Waals surface area (Å²) in [4.78, 5) is 82.8. The smallest absolute Gasteiger partial charge is 0.292 e. The van der Waals surface area contributed by atoms with E-state index >= 15 is 0 Å². The van der Waals surface area contributed by atoms with Gasteiger partial charge in [-0.25, -0.2) is 0 Å². The molecule has 0 aromatic rings. The molecule has 0 unspecified atom stereocenters. The van der Waals surface area contributed by atoms with Crippen molar-refractivity contribution >= 4 is 255 Å². The van der Waals surface area contributed by atoms with Crippen LogP contribution in [0.15, 0.2) is 0 Å². The van der Waals surface area contributed by atoms with E-state index in [4.69, 9.17) is 97.4 Å². The van der Waals surface area contributed by atoms with Crippen LogP contribution in [0, 0.1) is 0 Å². The van der Waals surface area contributed by atoms with Gasteiger partial charge >= 0.3 is 0 Å². The molecule has 0 aliphatic rings. The van der Waals surface area contributed by atoms with Crippen molar-refractivity contribution in [3.8, 4) is 0 Å². The molecule has 51 heteroatoms. The molecule has 0 aliphatic heterocycles. The first kappa shape index (κ1) is 84.3. The van der Waals surface area contributed by atoms with Crippen LogP contribution < -0.4 is 0 Å². The lowest BCUT2D eigenvalue weighted by Gasteiger charge is -2.29. The lowest BCUT2D eigenvalue weighted by atomic mass is 11.8. The fraction of sp³-hybridized carbons (Fsp3) is 1.00. The molecule has 60 heavy (non-hydrogen) atoms. The average molecular weight is 1320 g/mol. The summed E-state index contributed by atoms with van der Waals surface area (Å²) in [5, 5.41) is 0. The van der Waals surface area contributed by atoms with Gasteiger partial charge in [-0.1, -0.05) is 39.3 Å². The average Bonchev–Trinajstić information content (AvgIpc) is 3.22. The number of hydrogen-bond donors (Lipinski definition) is 10. The maximum Gasteiger partial charge on any atom is 0.292 e. The summed E-state index contributed by atoms with van der Waals surface area (Å²) < 4.78 is 86.2. The molecule has 0 bridgehead atoms. The van der Waals surface area contributed by atoms with Crippen molar-refractivity contribution in [2.24, 2.45) is 0 Å². The SMILES string of the molecule is C[SiH2]O.C[SiH2]O.C[SiH2]O.C[SiH2]O.C[SiH2]O[SiH2]O[SiH2]O[SiH2]O.C[SiH2]O[SiH2][SiH2]O[SiH2]C([SiH2]O)([SiH2]O[SiH2]O[SiH2]O[SiH2]O)[SiH2]O[SiH2]O[SiH2]O[SiH2]O.C[SiH]=O.C[SiH]=O.O[SiH2]O[SiH2]O[SiH2]O. The molecule has 10 N–H and O–H groups in total. The van der Waals surface area contributed by atoms with Crippen LogP contribution >= 0.6 is 0 Å². The molecule has 0 aromatic carbocycles. The molecule has 0 aliphatic carbocycles. The fourth-order valence-electron chi connectivity index (χ4n) is 2.11. The van der Waals surface area contributed by atoms with Gasteiger partial charge < -0.3 is 110 Å². The Morgan fingerprint density at radius 3 is 0.817 bits per heavy atom. The highest BCUT2D eigenvalue weighted by molar-refractivity contribution is 6.99. The van der Waals surface area contributed by atoms with Gasteiger partial charge in [0, 0.05) is 3.91 Å². The first-order valence-electron chi connectivity index (χ1n) is 18.5. The standard InChI is InChI=1S/C2H32O11Si13.CH12O4Si4.4CH6OSi.2CH4OSi.H8O4Si3/c1-14-6-25-26-9-18-2(15-3,16-7-21-12-23-10-19-4)17-8-22-13-24-11-20-5;1-6-3-8-5-9-4-7-2;6*1-3-2;1-5-3-7-4-6-2/h3-5H,14-26H2,1H3;2H,6-9H2,1H3;4*2H,3H2,1H3;2*3H,1H3;1-2H,5-7H2. The van der Waals surface area contributed by atoms with Gasteiger partial charge in [0.25, 0.3) is 139 Å². The van der Waals surface area contributed by atoms with Crippen molar-refractivity contribution in [1.29, 1.82) is 0 Å². The zero-order chi connectivity index (χ0) is 48.1. The van der Waals surface area contributed by atoms with Gasteiger partial charge in [0.2, 0.25) is 0 Å². The Morgan fingerprint density at radius 2 is 0.567 bits per heavy atom. The predicted octanol–water partition coefficient (Wildman–Crippen LogP) is -25.1. The van der Waals surface area contributed by atoms with Crippen LogP contribution in [0.3, 0.4) is 0 Å². The van der Waals surface area contributed by atoms with Crippen molar-refractivity contribution in [3.05, 3.63) is 0 Å². The molecule has 0 saturated heterocycles. The molecule has 0 heterocycles. The lowest BCUT2D eigenvalue weighted by molar-refractivity contribution is 0.388. The van der Waals surface area contributed by atoms with Crippen LogP contribution in [0.5, 0.6) is 0 Å². The van der Waals surface area contributed by atoms with Crippen molar-refractivity contribution in [2.75, 3.05) is 0 Å². The van der Waals surface area contributed by atoms with E-state index in [9.17, 15) is 4.80 Å². The van der Waals surface area contributed by atoms with Gasteiger partial charge in [0.05, 0.1) is 0 Å². The van der Waals surface area contributed by atoms with E-state index in [2.05, 4.69) is 21.3 Å². The monoisotopic (exact) mass is 1320 g/mol. The van der Waals surface area contributed by atoms with Gasteiger partial charge in [-0.3, -0.25) is 0 Å². The minimum atomic E-state index is -1.37. The molecular formula is C9H84O25Si26. The predicted molar refractivity (Wildman–Crippen MR) is 307 cm³/mol. The Bertz CT molecular complexity index is 592. The summed E-state index contributed by atoms with van der Waals surface area (Å²) in [5.74, 6) is 0. The van der Waals surface area contributed by atoms with Crippen LogP contribution in [0.2, 0.25) is 56.3 Å². The highest BCUT2D eigenvalue weighted by atomic mass is 29.2. The molecule has 374 valence electrons. The molecule has 0 fully saturated rings. The molecular weight excluding hydrogens is 1240 g/mol. The molecule has 25 nitrogen and oxygen atoms in total. The minimum absolute atomic E-state index is 0.0833. The molecule has 0 radical (unpaired) electrons. The third-order valence-electron chi connectivity index (χ3n) is 3.96. The third kappa shape index (κ3) is 125. The number of hydrogen-bond acceptors (Lipinski definition) is 25. The second-order valence-electron chi connectivity index (χ2n) is 8.94. The van der Waals surface area contributed by atoms with Crippen molar-refractivity contribution < 1.29 is 110 Å². The Hall–Kier alpha value is 4.32. The van der Waals surface area contributed by atoms with Crippen molar-refractivity contribution in [2.45, 2.75) is 56.3 Å². The second kappa shape index (κ2) is 101. The molecule has 0 rings (SSSR count). The summed E-state index contributed by atoms with van der Waals surface area (Å²) in [6, 6.07) is 0. The fourth-order valence-corrected chi connectivity index (χ4v) is 44.2. The van der Waals surface area contributed by atoms with Crippen molar-refractivity contribution in [3.63, 3.8) is 0 Å². The normalized spacial score (nSPS) is 15.0. The van der Waals surface area contributed by atoms with Gasteiger partial charge in [-0.05, 0) is 13.1 Å². The van der Waals surface area contributed by atoms with Crippen LogP contribution in [0.25, 0.3) is 0 Å². The summed E-state index contributed by atoms with van der Waals surface area (Å²) in [6.07, 6.45) is 0. The zero-order valence-corrected chi connectivity index (χ0v) is 73.5. The Balaban J connectivity index is -0.0000000886. The van der Waals surface area contributed by atoms with E-state index < -0.39 is 236 Å². The maximum atomic E-state index is 10.1. The van der Waals surface area contributed by atoms with Crippen molar-refractivity contribution in [1.82, 2.24) is 0 Å². The highest BCUT2D eigenvalue weighted by Crippen LogP contribution is 2.19. The topological polar surface area (TPSA) is 356 Å². The first-order chi connectivity index (χ1) is 29.1. The van der Waals surface area contributed by atoms with Gasteiger partial charge in [0.1, 0.15) is 29.3 Å². The summed E-state index contributed by atoms with van der Waals surface area (Å²) in [7, 11) is -22.1. The van der Waals surface area contributed by atoms with Crippen LogP contribution in [-0.2, 0) is 62.4 Å². The molecule has 0 atom stereocenters. The minimum Gasteiger partial charge on any atom is -0.466 e. The Kier molecular flexibility index (Phi) is 142. The van der Waals surface area contributed by atoms with Crippen LogP contribution in [0.4, 0.5) is 0 Å². The van der Waals surface area contributed by atoms with Gasteiger partial charge in [-0.15, -0.1) is 0 Å². The number of rotatable bonds is 31. The van der Waals surface area contributed by atoms with E-state index in [-0.39, 0.29) is 23.4 Å². The summed E-state index contributed by atoms with van der Waals surface area (Å²) in [5.41, 5.74) is 0. The van der Waals surface area contributed by atoms with Crippen LogP contribution in [0.1, 0.15) is 0 Å². The van der Waals surface area contributed by atoms with E-state index in [0.29, 0.717) is 0 Å². The first-order valence-corrected chi connectivity index (χ1v) is 58.4. The van der Waals surface area contributed by atoms with E-state index in [1.165, 1.54) is 0 Å². The zero-order valence-electron chi connectivity index (χ0n) is 37.2. The molecule has 0 spiro atoms. The Morgan fingerprint density at radius 1 is 0.350 bits per heavy atom. The molecule has 0 aromatic heterocycles. The van der Waals surface area contributed by atoms with E-state index in [0.717, 1.165) is 0 Å². The summed E-state index contributed by atoms with van der Waals surface area (Å²) >= 11 is 0. The van der Waals surface area contributed by atoms with E-state index in [1.807, 2.05) is 26.2 Å². The lowest BCUT2D eigenvalue weighted by Crippen LogP contribution is -2.44. The van der Waals surface area contributed by atoms with Crippen LogP contribution in [-0.4, -0.2) is 303 Å². The van der Waals surface area contributed by atoms with E-state index in [1.54, 1.807) is 13.1 Å². The largest absolute Gasteiger partial charge is 0.466 e. The Labute approximate surface area is 418 Å². The maximum absolute atomic E-state index is 10.1. The highest BCUT2D eigenvalue weighted by Gasteiger charge is 2.34. The van der Waals surface area contributed by atoms with Gasteiger partial charge in [0.15, 0.2) is 86.9 Å². The second-order valence-corrected chi connectivity index (χ2v) is 54.2. The third-order valence-corrected chi connectivity index (χ3v) is 40.9. The molecule has 0 amide bonds. The summed E-state index contributed by atoms with van der Waals surface area (Å²) in [6.45, 7) is 14.8. The van der Waals surface area contributed by atoms with Gasteiger partial charge in [-0.2, -0.15) is 0 Å².